The average molecular weight is 397 g/mol. The van der Waals surface area contributed by atoms with Crippen LogP contribution >= 0.6 is 27.3 Å². The summed E-state index contributed by atoms with van der Waals surface area (Å²) < 4.78 is 6.83. The second-order valence-corrected chi connectivity index (χ2v) is 7.35. The molecule has 0 spiro atoms. The summed E-state index contributed by atoms with van der Waals surface area (Å²) in [6, 6.07) is 1.85. The fourth-order valence-electron chi connectivity index (χ4n) is 2.37. The molecule has 1 fully saturated rings. The lowest BCUT2D eigenvalue weighted by Gasteiger charge is -2.17. The Balaban J connectivity index is 1.62. The SMILES string of the molecule is CN(C)c1cncc(O[C@@H]2CCN(C(=O)c3cc(Br)cs3)C2)n1. The standard InChI is InChI=1S/C15H17BrN4O2S/c1-19(2)13-6-17-7-14(18-13)22-11-3-4-20(8-11)15(21)12-5-10(16)9-23-12/h5-7,9,11H,3-4,8H2,1-2H3/t11-/m1/s1. The highest BCUT2D eigenvalue weighted by molar-refractivity contribution is 9.10. The van der Waals surface area contributed by atoms with Gasteiger partial charge in [-0.15, -0.1) is 11.3 Å². The lowest BCUT2D eigenvalue weighted by molar-refractivity contribution is 0.0776. The Kier molecular flexibility index (Phi) is 4.82. The van der Waals surface area contributed by atoms with E-state index in [1.807, 2.05) is 35.3 Å². The Bertz CT molecular complexity index is 706. The van der Waals surface area contributed by atoms with E-state index in [2.05, 4.69) is 25.9 Å². The van der Waals surface area contributed by atoms with E-state index in [9.17, 15) is 4.79 Å². The molecule has 8 heteroatoms. The van der Waals surface area contributed by atoms with E-state index in [-0.39, 0.29) is 12.0 Å². The number of hydrogen-bond donors (Lipinski definition) is 0. The fraction of sp³-hybridized carbons (Fsp3) is 0.400. The Morgan fingerprint density at radius 1 is 1.48 bits per heavy atom. The Morgan fingerprint density at radius 3 is 3.00 bits per heavy atom. The molecule has 0 aromatic carbocycles. The average Bonchev–Trinajstić information content (AvgIpc) is 3.16. The molecule has 3 heterocycles. The molecule has 0 N–H and O–H groups in total. The molecule has 3 rings (SSSR count). The van der Waals surface area contributed by atoms with Crippen molar-refractivity contribution in [2.75, 3.05) is 32.1 Å². The Hall–Kier alpha value is -1.67. The van der Waals surface area contributed by atoms with Crippen LogP contribution in [-0.4, -0.2) is 54.1 Å². The second kappa shape index (κ2) is 6.84. The number of thiophene rings is 1. The van der Waals surface area contributed by atoms with Crippen LogP contribution in [0.25, 0.3) is 0 Å². The summed E-state index contributed by atoms with van der Waals surface area (Å²) in [5.41, 5.74) is 0. The first-order chi connectivity index (χ1) is 11.0. The Labute approximate surface area is 147 Å². The van der Waals surface area contributed by atoms with E-state index in [1.165, 1.54) is 11.3 Å². The fourth-order valence-corrected chi connectivity index (χ4v) is 3.76. The summed E-state index contributed by atoms with van der Waals surface area (Å²) >= 11 is 4.83. The van der Waals surface area contributed by atoms with Gasteiger partial charge in [0.15, 0.2) is 5.82 Å². The van der Waals surface area contributed by atoms with Crippen molar-refractivity contribution >= 4 is 39.0 Å². The summed E-state index contributed by atoms with van der Waals surface area (Å²) in [5, 5.41) is 1.92. The van der Waals surface area contributed by atoms with Crippen LogP contribution in [0.4, 0.5) is 5.82 Å². The van der Waals surface area contributed by atoms with E-state index in [4.69, 9.17) is 4.74 Å². The van der Waals surface area contributed by atoms with E-state index in [0.29, 0.717) is 19.0 Å². The first-order valence-electron chi connectivity index (χ1n) is 7.22. The van der Waals surface area contributed by atoms with Crippen LogP contribution in [-0.2, 0) is 0 Å². The normalized spacial score (nSPS) is 17.3. The summed E-state index contributed by atoms with van der Waals surface area (Å²) in [4.78, 5) is 25.4. The lowest BCUT2D eigenvalue weighted by Crippen LogP contribution is -2.30. The minimum Gasteiger partial charge on any atom is -0.471 e. The number of aromatic nitrogens is 2. The van der Waals surface area contributed by atoms with Crippen LogP contribution < -0.4 is 9.64 Å². The van der Waals surface area contributed by atoms with Gasteiger partial charge < -0.3 is 14.5 Å². The molecule has 0 aliphatic carbocycles. The number of nitrogens with zero attached hydrogens (tertiary/aromatic N) is 4. The van der Waals surface area contributed by atoms with Crippen molar-refractivity contribution in [1.29, 1.82) is 0 Å². The maximum absolute atomic E-state index is 12.4. The van der Waals surface area contributed by atoms with Crippen LogP contribution in [0.15, 0.2) is 28.3 Å². The summed E-state index contributed by atoms with van der Waals surface area (Å²) in [5.74, 6) is 1.30. The van der Waals surface area contributed by atoms with Gasteiger partial charge in [-0.3, -0.25) is 9.78 Å². The van der Waals surface area contributed by atoms with Crippen LogP contribution in [0.2, 0.25) is 0 Å². The number of amides is 1. The molecule has 1 atom stereocenters. The number of anilines is 1. The number of ether oxygens (including phenoxy) is 1. The molecule has 1 saturated heterocycles. The van der Waals surface area contributed by atoms with E-state index in [1.54, 1.807) is 12.4 Å². The maximum Gasteiger partial charge on any atom is 0.264 e. The molecule has 2 aromatic rings. The van der Waals surface area contributed by atoms with E-state index < -0.39 is 0 Å². The minimum absolute atomic E-state index is 0.0472. The zero-order valence-electron chi connectivity index (χ0n) is 12.9. The minimum atomic E-state index is -0.0472. The molecule has 1 amide bonds. The van der Waals surface area contributed by atoms with Gasteiger partial charge in [0, 0.05) is 36.9 Å². The highest BCUT2D eigenvalue weighted by Gasteiger charge is 2.29. The van der Waals surface area contributed by atoms with E-state index in [0.717, 1.165) is 21.6 Å². The quantitative estimate of drug-likeness (QED) is 0.794. The predicted octanol–water partition coefficient (Wildman–Crippen LogP) is 2.66. The van der Waals surface area contributed by atoms with Crippen molar-refractivity contribution in [3.05, 3.63) is 33.2 Å². The molecular formula is C15H17BrN4O2S. The van der Waals surface area contributed by atoms with Crippen LogP contribution in [0.1, 0.15) is 16.1 Å². The van der Waals surface area contributed by atoms with Gasteiger partial charge in [-0.2, -0.15) is 4.98 Å². The molecule has 122 valence electrons. The molecule has 0 radical (unpaired) electrons. The first-order valence-corrected chi connectivity index (χ1v) is 8.89. The number of halogens is 1. The molecule has 2 aromatic heterocycles. The second-order valence-electron chi connectivity index (χ2n) is 5.52. The number of hydrogen-bond acceptors (Lipinski definition) is 6. The van der Waals surface area contributed by atoms with Crippen LogP contribution in [0.3, 0.4) is 0 Å². The first kappa shape index (κ1) is 16.2. The van der Waals surface area contributed by atoms with Gasteiger partial charge >= 0.3 is 0 Å². The number of carbonyl (C=O) groups excluding carboxylic acids is 1. The highest BCUT2D eigenvalue weighted by atomic mass is 79.9. The molecule has 0 saturated carbocycles. The third kappa shape index (κ3) is 3.81. The van der Waals surface area contributed by atoms with Crippen LogP contribution in [0.5, 0.6) is 5.88 Å². The topological polar surface area (TPSA) is 58.6 Å². The zero-order chi connectivity index (χ0) is 16.4. The molecule has 23 heavy (non-hydrogen) atoms. The van der Waals surface area contributed by atoms with Crippen molar-refractivity contribution < 1.29 is 9.53 Å². The van der Waals surface area contributed by atoms with Crippen molar-refractivity contribution in [3.63, 3.8) is 0 Å². The smallest absolute Gasteiger partial charge is 0.264 e. The Morgan fingerprint density at radius 2 is 2.30 bits per heavy atom. The van der Waals surface area contributed by atoms with Crippen molar-refractivity contribution in [3.8, 4) is 5.88 Å². The van der Waals surface area contributed by atoms with Gasteiger partial charge in [0.2, 0.25) is 5.88 Å². The summed E-state index contributed by atoms with van der Waals surface area (Å²) in [6.45, 7) is 1.27. The van der Waals surface area contributed by atoms with Gasteiger partial charge in [-0.05, 0) is 22.0 Å². The van der Waals surface area contributed by atoms with E-state index >= 15 is 0 Å². The van der Waals surface area contributed by atoms with Gasteiger partial charge in [0.05, 0.1) is 23.8 Å². The maximum atomic E-state index is 12.4. The molecule has 1 aliphatic rings. The number of likely N-dealkylation sites (tertiary alicyclic amines) is 1. The largest absolute Gasteiger partial charge is 0.471 e. The molecule has 0 unspecified atom stereocenters. The van der Waals surface area contributed by atoms with Gasteiger partial charge in [-0.25, -0.2) is 0 Å². The summed E-state index contributed by atoms with van der Waals surface area (Å²) in [6.07, 6.45) is 4.04. The van der Waals surface area contributed by atoms with Crippen molar-refractivity contribution in [2.45, 2.75) is 12.5 Å². The number of carbonyl (C=O) groups is 1. The third-order valence-corrected chi connectivity index (χ3v) is 5.23. The van der Waals surface area contributed by atoms with Crippen LogP contribution in [0, 0.1) is 0 Å². The number of rotatable bonds is 4. The van der Waals surface area contributed by atoms with Gasteiger partial charge in [0.1, 0.15) is 6.10 Å². The molecule has 0 bridgehead atoms. The van der Waals surface area contributed by atoms with Gasteiger partial charge in [-0.1, -0.05) is 0 Å². The predicted molar refractivity (Wildman–Crippen MR) is 93.3 cm³/mol. The van der Waals surface area contributed by atoms with Crippen molar-refractivity contribution in [2.24, 2.45) is 0 Å². The highest BCUT2D eigenvalue weighted by Crippen LogP contribution is 2.24. The monoisotopic (exact) mass is 396 g/mol. The molecule has 1 aliphatic heterocycles. The third-order valence-electron chi connectivity index (χ3n) is 3.56. The van der Waals surface area contributed by atoms with Crippen molar-refractivity contribution in [1.82, 2.24) is 14.9 Å². The zero-order valence-corrected chi connectivity index (χ0v) is 15.3. The van der Waals surface area contributed by atoms with Gasteiger partial charge in [0.25, 0.3) is 5.91 Å². The summed E-state index contributed by atoms with van der Waals surface area (Å²) in [7, 11) is 3.81. The lowest BCUT2D eigenvalue weighted by atomic mass is 10.3. The molecular weight excluding hydrogens is 380 g/mol. The molecule has 6 nitrogen and oxygen atoms in total.